The Hall–Kier alpha value is -3.13. The summed E-state index contributed by atoms with van der Waals surface area (Å²) in [4.78, 5) is 15.6. The summed E-state index contributed by atoms with van der Waals surface area (Å²) in [5.41, 5.74) is 6.89. The summed E-state index contributed by atoms with van der Waals surface area (Å²) in [6, 6.07) is 26.5. The Kier molecular flexibility index (Phi) is 4.64. The van der Waals surface area contributed by atoms with Crippen molar-refractivity contribution >= 4 is 22.6 Å². The van der Waals surface area contributed by atoms with Gasteiger partial charge in [-0.25, -0.2) is 0 Å². The number of fused-ring (bicyclic) bond motifs is 1. The maximum absolute atomic E-state index is 13.3. The van der Waals surface area contributed by atoms with E-state index in [1.54, 1.807) is 0 Å². The molecule has 0 unspecified atom stereocenters. The van der Waals surface area contributed by atoms with E-state index in [4.69, 9.17) is 0 Å². The Morgan fingerprint density at radius 3 is 1.78 bits per heavy atom. The van der Waals surface area contributed by atoms with Crippen molar-refractivity contribution in [1.29, 1.82) is 0 Å². The highest BCUT2D eigenvalue weighted by Crippen LogP contribution is 2.43. The normalized spacial score (nSPS) is 13.0. The Morgan fingerprint density at radius 2 is 1.22 bits per heavy atom. The van der Waals surface area contributed by atoms with Crippen LogP contribution in [0.3, 0.4) is 0 Å². The highest BCUT2D eigenvalue weighted by atomic mass is 16.1. The fourth-order valence-corrected chi connectivity index (χ4v) is 3.89. The lowest BCUT2D eigenvalue weighted by Gasteiger charge is -2.22. The molecular formula is C25H23NO. The Balaban J connectivity index is 1.98. The summed E-state index contributed by atoms with van der Waals surface area (Å²) in [6.45, 7) is 6.20. The van der Waals surface area contributed by atoms with Gasteiger partial charge in [0.15, 0.2) is 5.78 Å². The topological polar surface area (TPSA) is 20.3 Å². The fourth-order valence-electron chi connectivity index (χ4n) is 3.89. The summed E-state index contributed by atoms with van der Waals surface area (Å²) in [5.74, 6) is 0.112. The fraction of sp³-hybridized carbons (Fsp3) is 0.160. The molecule has 0 bridgehead atoms. The van der Waals surface area contributed by atoms with E-state index in [1.165, 1.54) is 0 Å². The average molecular weight is 353 g/mol. The molecule has 0 aliphatic heterocycles. The standard InChI is InChI=1S/C25H23NO/c1-3-26(4-2)20-15-16-21-22(17-20)23(18-11-7-5-8-12-18)24(25(21)27)19-13-9-6-10-14-19/h5-17H,3-4H2,1-2H3. The van der Waals surface area contributed by atoms with Crippen LogP contribution in [0.4, 0.5) is 5.69 Å². The zero-order chi connectivity index (χ0) is 18.8. The number of hydrogen-bond acceptors (Lipinski definition) is 2. The number of rotatable bonds is 5. The van der Waals surface area contributed by atoms with E-state index in [9.17, 15) is 4.79 Å². The van der Waals surface area contributed by atoms with Gasteiger partial charge in [-0.3, -0.25) is 4.79 Å². The van der Waals surface area contributed by atoms with Crippen LogP contribution in [0.15, 0.2) is 78.9 Å². The molecule has 0 amide bonds. The summed E-state index contributed by atoms with van der Waals surface area (Å²) in [6.07, 6.45) is 0. The maximum atomic E-state index is 13.3. The number of nitrogens with zero attached hydrogens (tertiary/aromatic N) is 1. The molecule has 27 heavy (non-hydrogen) atoms. The first-order chi connectivity index (χ1) is 13.2. The van der Waals surface area contributed by atoms with Crippen molar-refractivity contribution in [3.63, 3.8) is 0 Å². The van der Waals surface area contributed by atoms with Gasteiger partial charge in [-0.2, -0.15) is 0 Å². The molecule has 0 atom stereocenters. The molecule has 2 heteroatoms. The number of carbonyl (C=O) groups excluding carboxylic acids is 1. The molecule has 4 rings (SSSR count). The molecule has 1 aliphatic rings. The van der Waals surface area contributed by atoms with Crippen molar-refractivity contribution < 1.29 is 4.79 Å². The second kappa shape index (κ2) is 7.24. The van der Waals surface area contributed by atoms with E-state index in [0.717, 1.165) is 52.2 Å². The van der Waals surface area contributed by atoms with Crippen molar-refractivity contribution in [3.8, 4) is 0 Å². The smallest absolute Gasteiger partial charge is 0.194 e. The number of anilines is 1. The van der Waals surface area contributed by atoms with Crippen molar-refractivity contribution in [2.24, 2.45) is 0 Å². The van der Waals surface area contributed by atoms with E-state index in [0.29, 0.717) is 0 Å². The highest BCUT2D eigenvalue weighted by molar-refractivity contribution is 6.41. The van der Waals surface area contributed by atoms with Crippen molar-refractivity contribution in [2.45, 2.75) is 13.8 Å². The first-order valence-electron chi connectivity index (χ1n) is 9.53. The second-order valence-corrected chi connectivity index (χ2v) is 6.71. The first kappa shape index (κ1) is 17.3. The van der Waals surface area contributed by atoms with Crippen LogP contribution in [0.2, 0.25) is 0 Å². The number of hydrogen-bond donors (Lipinski definition) is 0. The molecule has 134 valence electrons. The lowest BCUT2D eigenvalue weighted by Crippen LogP contribution is -2.21. The number of benzene rings is 3. The van der Waals surface area contributed by atoms with Gasteiger partial charge in [0.2, 0.25) is 0 Å². The Labute approximate surface area is 160 Å². The summed E-state index contributed by atoms with van der Waals surface area (Å²) in [5, 5.41) is 0. The molecule has 0 radical (unpaired) electrons. The van der Waals surface area contributed by atoms with Crippen LogP contribution in [0.1, 0.15) is 40.9 Å². The molecular weight excluding hydrogens is 330 g/mol. The van der Waals surface area contributed by atoms with Gasteiger partial charge in [-0.05, 0) is 48.7 Å². The van der Waals surface area contributed by atoms with Crippen LogP contribution < -0.4 is 4.90 Å². The molecule has 3 aromatic carbocycles. The number of Topliss-reactive ketones (excluding diaryl/α,β-unsaturated/α-hetero) is 1. The third-order valence-electron chi connectivity index (χ3n) is 5.25. The van der Waals surface area contributed by atoms with Gasteiger partial charge >= 0.3 is 0 Å². The Bertz CT molecular complexity index is 999. The van der Waals surface area contributed by atoms with Crippen molar-refractivity contribution in [2.75, 3.05) is 18.0 Å². The highest BCUT2D eigenvalue weighted by Gasteiger charge is 2.31. The van der Waals surface area contributed by atoms with Crippen LogP contribution in [0.5, 0.6) is 0 Å². The zero-order valence-electron chi connectivity index (χ0n) is 15.8. The van der Waals surface area contributed by atoms with E-state index < -0.39 is 0 Å². The van der Waals surface area contributed by atoms with Crippen molar-refractivity contribution in [1.82, 2.24) is 0 Å². The molecule has 2 nitrogen and oxygen atoms in total. The molecule has 0 fully saturated rings. The minimum atomic E-state index is 0.112. The van der Waals surface area contributed by atoms with Gasteiger partial charge < -0.3 is 4.90 Å². The minimum absolute atomic E-state index is 0.112. The van der Waals surface area contributed by atoms with E-state index in [1.807, 2.05) is 54.6 Å². The number of ketones is 1. The van der Waals surface area contributed by atoms with Crippen LogP contribution in [-0.2, 0) is 0 Å². The quantitative estimate of drug-likeness (QED) is 0.587. The predicted molar refractivity (Wildman–Crippen MR) is 113 cm³/mol. The largest absolute Gasteiger partial charge is 0.372 e. The maximum Gasteiger partial charge on any atom is 0.194 e. The summed E-state index contributed by atoms with van der Waals surface area (Å²) >= 11 is 0. The molecule has 0 spiro atoms. The Morgan fingerprint density at radius 1 is 0.667 bits per heavy atom. The summed E-state index contributed by atoms with van der Waals surface area (Å²) in [7, 11) is 0. The van der Waals surface area contributed by atoms with Gasteiger partial charge in [-0.1, -0.05) is 60.7 Å². The van der Waals surface area contributed by atoms with Crippen LogP contribution in [0.25, 0.3) is 11.1 Å². The van der Waals surface area contributed by atoms with Crippen LogP contribution in [0, 0.1) is 0 Å². The zero-order valence-corrected chi connectivity index (χ0v) is 15.8. The SMILES string of the molecule is CCN(CC)c1ccc2c(c1)C(c1ccccc1)=C(c1ccccc1)C2=O. The summed E-state index contributed by atoms with van der Waals surface area (Å²) < 4.78 is 0. The van der Waals surface area contributed by atoms with E-state index in [-0.39, 0.29) is 5.78 Å². The van der Waals surface area contributed by atoms with E-state index >= 15 is 0 Å². The number of allylic oxidation sites excluding steroid dienone is 1. The molecule has 0 saturated heterocycles. The van der Waals surface area contributed by atoms with Gasteiger partial charge in [0.25, 0.3) is 0 Å². The molecule has 1 aliphatic carbocycles. The molecule has 3 aromatic rings. The third kappa shape index (κ3) is 2.97. The van der Waals surface area contributed by atoms with Gasteiger partial charge in [0, 0.05) is 35.5 Å². The molecule has 0 N–H and O–H groups in total. The van der Waals surface area contributed by atoms with E-state index in [2.05, 4.69) is 43.0 Å². The first-order valence-corrected chi connectivity index (χ1v) is 9.53. The molecule has 0 aromatic heterocycles. The lowest BCUT2D eigenvalue weighted by molar-refractivity contribution is 0.105. The third-order valence-corrected chi connectivity index (χ3v) is 5.25. The van der Waals surface area contributed by atoms with Gasteiger partial charge in [0.05, 0.1) is 0 Å². The molecule has 0 saturated carbocycles. The molecule has 0 heterocycles. The predicted octanol–water partition coefficient (Wildman–Crippen LogP) is 5.69. The van der Waals surface area contributed by atoms with Crippen molar-refractivity contribution in [3.05, 3.63) is 101 Å². The van der Waals surface area contributed by atoms with Gasteiger partial charge in [-0.15, -0.1) is 0 Å². The van der Waals surface area contributed by atoms with Crippen LogP contribution in [-0.4, -0.2) is 18.9 Å². The average Bonchev–Trinajstić information content (AvgIpc) is 3.02. The second-order valence-electron chi connectivity index (χ2n) is 6.71. The number of carbonyl (C=O) groups is 1. The van der Waals surface area contributed by atoms with Crippen LogP contribution >= 0.6 is 0 Å². The lowest BCUT2D eigenvalue weighted by atomic mass is 9.94. The monoisotopic (exact) mass is 353 g/mol. The van der Waals surface area contributed by atoms with Gasteiger partial charge in [0.1, 0.15) is 0 Å². The minimum Gasteiger partial charge on any atom is -0.372 e.